The zero-order chi connectivity index (χ0) is 12.5. The summed E-state index contributed by atoms with van der Waals surface area (Å²) in [5.74, 6) is -0.536. The third kappa shape index (κ3) is 2.57. The van der Waals surface area contributed by atoms with Crippen LogP contribution in [0.2, 0.25) is 0 Å². The van der Waals surface area contributed by atoms with Gasteiger partial charge in [-0.2, -0.15) is 0 Å². The quantitative estimate of drug-likeness (QED) is 0.780. The summed E-state index contributed by atoms with van der Waals surface area (Å²) < 4.78 is 0. The molecule has 0 aromatic rings. The lowest BCUT2D eigenvalue weighted by atomic mass is 9.65. The first-order chi connectivity index (χ1) is 7.28. The van der Waals surface area contributed by atoms with Gasteiger partial charge in [0.15, 0.2) is 0 Å². The standard InChI is InChI=1S/C13H24O3/c1-8(2)11(12(14)15)13(16)6-5-9(3)10(4)7-13/h8-11,16H,5-7H2,1-4H3,(H,14,15). The monoisotopic (exact) mass is 228 g/mol. The van der Waals surface area contributed by atoms with Gasteiger partial charge in [0.1, 0.15) is 0 Å². The summed E-state index contributed by atoms with van der Waals surface area (Å²) in [4.78, 5) is 11.3. The van der Waals surface area contributed by atoms with Gasteiger partial charge in [-0.25, -0.2) is 0 Å². The van der Waals surface area contributed by atoms with E-state index in [1.807, 2.05) is 13.8 Å². The Morgan fingerprint density at radius 1 is 1.31 bits per heavy atom. The van der Waals surface area contributed by atoms with E-state index in [9.17, 15) is 15.0 Å². The molecule has 0 radical (unpaired) electrons. The van der Waals surface area contributed by atoms with Gasteiger partial charge in [-0.05, 0) is 37.0 Å². The van der Waals surface area contributed by atoms with Crippen LogP contribution in [0.5, 0.6) is 0 Å². The third-order valence-electron chi connectivity index (χ3n) is 4.19. The molecule has 1 rings (SSSR count). The Morgan fingerprint density at radius 2 is 1.88 bits per heavy atom. The smallest absolute Gasteiger partial charge is 0.309 e. The van der Waals surface area contributed by atoms with Crippen LogP contribution in [0.1, 0.15) is 47.0 Å². The Hall–Kier alpha value is -0.570. The van der Waals surface area contributed by atoms with Crippen molar-refractivity contribution in [1.29, 1.82) is 0 Å². The van der Waals surface area contributed by atoms with Crippen LogP contribution < -0.4 is 0 Å². The van der Waals surface area contributed by atoms with Gasteiger partial charge in [-0.3, -0.25) is 4.79 Å². The molecule has 0 aromatic carbocycles. The van der Waals surface area contributed by atoms with E-state index in [0.29, 0.717) is 24.7 Å². The highest BCUT2D eigenvalue weighted by Gasteiger charge is 2.46. The lowest BCUT2D eigenvalue weighted by molar-refractivity contribution is -0.161. The van der Waals surface area contributed by atoms with Crippen molar-refractivity contribution in [1.82, 2.24) is 0 Å². The maximum absolute atomic E-state index is 11.3. The van der Waals surface area contributed by atoms with Gasteiger partial charge in [0.2, 0.25) is 0 Å². The zero-order valence-corrected chi connectivity index (χ0v) is 10.7. The molecule has 94 valence electrons. The van der Waals surface area contributed by atoms with Crippen molar-refractivity contribution in [3.63, 3.8) is 0 Å². The highest BCUT2D eigenvalue weighted by molar-refractivity contribution is 5.71. The predicted molar refractivity (Wildman–Crippen MR) is 63.1 cm³/mol. The Kier molecular flexibility index (Phi) is 4.00. The van der Waals surface area contributed by atoms with Crippen LogP contribution in [0.4, 0.5) is 0 Å². The summed E-state index contributed by atoms with van der Waals surface area (Å²) in [7, 11) is 0. The van der Waals surface area contributed by atoms with Crippen LogP contribution in [0.15, 0.2) is 0 Å². The molecule has 1 aliphatic rings. The van der Waals surface area contributed by atoms with E-state index in [-0.39, 0.29) is 5.92 Å². The molecule has 0 aromatic heterocycles. The molecule has 16 heavy (non-hydrogen) atoms. The topological polar surface area (TPSA) is 57.5 Å². The van der Waals surface area contributed by atoms with Crippen LogP contribution in [0, 0.1) is 23.7 Å². The number of carboxylic acid groups (broad SMARTS) is 1. The largest absolute Gasteiger partial charge is 0.481 e. The normalized spacial score (nSPS) is 37.4. The van der Waals surface area contributed by atoms with E-state index in [1.165, 1.54) is 0 Å². The summed E-state index contributed by atoms with van der Waals surface area (Å²) in [6, 6.07) is 0. The minimum absolute atomic E-state index is 0.0249. The fourth-order valence-corrected chi connectivity index (χ4v) is 3.04. The van der Waals surface area contributed by atoms with Gasteiger partial charge in [0, 0.05) is 0 Å². The van der Waals surface area contributed by atoms with Crippen molar-refractivity contribution in [3.8, 4) is 0 Å². The summed E-state index contributed by atoms with van der Waals surface area (Å²) in [6.45, 7) is 8.03. The van der Waals surface area contributed by atoms with Crippen LogP contribution in [-0.2, 0) is 4.79 Å². The number of carbonyl (C=O) groups is 1. The molecule has 0 heterocycles. The van der Waals surface area contributed by atoms with Crippen molar-refractivity contribution < 1.29 is 15.0 Å². The molecule has 1 fully saturated rings. The Bertz CT molecular complexity index is 262. The highest BCUT2D eigenvalue weighted by Crippen LogP contribution is 2.42. The van der Waals surface area contributed by atoms with E-state index in [2.05, 4.69) is 13.8 Å². The second-order valence-corrected chi connectivity index (χ2v) is 5.86. The fourth-order valence-electron chi connectivity index (χ4n) is 3.04. The molecule has 0 amide bonds. The second-order valence-electron chi connectivity index (χ2n) is 5.86. The van der Waals surface area contributed by atoms with E-state index >= 15 is 0 Å². The molecule has 0 saturated heterocycles. The number of hydrogen-bond acceptors (Lipinski definition) is 2. The zero-order valence-electron chi connectivity index (χ0n) is 10.7. The number of rotatable bonds is 3. The van der Waals surface area contributed by atoms with Crippen LogP contribution in [0.25, 0.3) is 0 Å². The molecule has 1 aliphatic carbocycles. The van der Waals surface area contributed by atoms with Crippen molar-refractivity contribution >= 4 is 5.97 Å². The SMILES string of the molecule is CC(C)C(C(=O)O)C1(O)CCC(C)C(C)C1. The van der Waals surface area contributed by atoms with Crippen molar-refractivity contribution in [3.05, 3.63) is 0 Å². The molecular formula is C13H24O3. The van der Waals surface area contributed by atoms with Gasteiger partial charge in [0.25, 0.3) is 0 Å². The van der Waals surface area contributed by atoms with Crippen molar-refractivity contribution in [2.45, 2.75) is 52.6 Å². The number of hydrogen-bond donors (Lipinski definition) is 2. The highest BCUT2D eigenvalue weighted by atomic mass is 16.4. The first-order valence-corrected chi connectivity index (χ1v) is 6.23. The number of aliphatic carboxylic acids is 1. The average Bonchev–Trinajstić information content (AvgIpc) is 2.10. The maximum atomic E-state index is 11.3. The van der Waals surface area contributed by atoms with Crippen LogP contribution in [0.3, 0.4) is 0 Å². The Balaban J connectivity index is 2.87. The Labute approximate surface area is 97.9 Å². The molecule has 4 atom stereocenters. The van der Waals surface area contributed by atoms with Gasteiger partial charge in [0.05, 0.1) is 11.5 Å². The van der Waals surface area contributed by atoms with E-state index in [1.54, 1.807) is 0 Å². The summed E-state index contributed by atoms with van der Waals surface area (Å²) in [6.07, 6.45) is 2.16. The first-order valence-electron chi connectivity index (χ1n) is 6.23. The van der Waals surface area contributed by atoms with E-state index in [4.69, 9.17) is 0 Å². The predicted octanol–water partition coefficient (Wildman–Crippen LogP) is 2.53. The van der Waals surface area contributed by atoms with Crippen LogP contribution in [-0.4, -0.2) is 21.8 Å². The maximum Gasteiger partial charge on any atom is 0.309 e. The van der Waals surface area contributed by atoms with E-state index < -0.39 is 17.5 Å². The molecule has 4 unspecified atom stereocenters. The first kappa shape index (κ1) is 13.5. The van der Waals surface area contributed by atoms with Crippen molar-refractivity contribution in [2.24, 2.45) is 23.7 Å². The van der Waals surface area contributed by atoms with Gasteiger partial charge in [-0.1, -0.05) is 27.7 Å². The summed E-state index contributed by atoms with van der Waals surface area (Å²) in [5, 5.41) is 19.8. The summed E-state index contributed by atoms with van der Waals surface area (Å²) in [5.41, 5.74) is -1.01. The number of carboxylic acids is 1. The molecule has 3 heteroatoms. The summed E-state index contributed by atoms with van der Waals surface area (Å²) >= 11 is 0. The number of aliphatic hydroxyl groups is 1. The molecule has 0 spiro atoms. The minimum atomic E-state index is -1.01. The van der Waals surface area contributed by atoms with Crippen molar-refractivity contribution in [2.75, 3.05) is 0 Å². The molecule has 0 bridgehead atoms. The van der Waals surface area contributed by atoms with Gasteiger partial charge < -0.3 is 10.2 Å². The molecular weight excluding hydrogens is 204 g/mol. The van der Waals surface area contributed by atoms with Gasteiger partial charge in [-0.15, -0.1) is 0 Å². The average molecular weight is 228 g/mol. The molecule has 2 N–H and O–H groups in total. The molecule has 1 saturated carbocycles. The Morgan fingerprint density at radius 3 is 2.25 bits per heavy atom. The lowest BCUT2D eigenvalue weighted by Crippen LogP contribution is -2.49. The van der Waals surface area contributed by atoms with Gasteiger partial charge >= 0.3 is 5.97 Å². The second kappa shape index (κ2) is 4.74. The third-order valence-corrected chi connectivity index (χ3v) is 4.19. The molecule has 3 nitrogen and oxygen atoms in total. The molecule has 0 aliphatic heterocycles. The minimum Gasteiger partial charge on any atom is -0.481 e. The van der Waals surface area contributed by atoms with Crippen LogP contribution >= 0.6 is 0 Å². The lowest BCUT2D eigenvalue weighted by Gasteiger charge is -2.43. The fraction of sp³-hybridized carbons (Fsp3) is 0.923. The van der Waals surface area contributed by atoms with E-state index in [0.717, 1.165) is 6.42 Å².